The number of halogens is 1. The Morgan fingerprint density at radius 1 is 1.30 bits per heavy atom. The molecule has 1 unspecified atom stereocenters. The van der Waals surface area contributed by atoms with E-state index in [1.54, 1.807) is 0 Å². The lowest BCUT2D eigenvalue weighted by molar-refractivity contribution is 0.636. The van der Waals surface area contributed by atoms with E-state index in [1.165, 1.54) is 16.7 Å². The highest BCUT2D eigenvalue weighted by Gasteiger charge is 2.16. The number of nitrogens with two attached hydrogens (primary N) is 1. The molecule has 4 heteroatoms. The summed E-state index contributed by atoms with van der Waals surface area (Å²) in [6.07, 6.45) is 1.71. The molecule has 0 saturated heterocycles. The molecule has 0 aliphatic rings. The second-order valence-corrected chi connectivity index (χ2v) is 6.13. The molecule has 20 heavy (non-hydrogen) atoms. The van der Waals surface area contributed by atoms with Crippen LogP contribution in [-0.2, 0) is 19.9 Å². The first-order valence-electron chi connectivity index (χ1n) is 6.97. The van der Waals surface area contributed by atoms with E-state index in [0.717, 1.165) is 28.7 Å². The first-order valence-corrected chi connectivity index (χ1v) is 7.76. The van der Waals surface area contributed by atoms with Crippen LogP contribution in [0.15, 0.2) is 22.7 Å². The van der Waals surface area contributed by atoms with E-state index in [-0.39, 0.29) is 6.04 Å². The Hall–Kier alpha value is -1.13. The van der Waals surface area contributed by atoms with Gasteiger partial charge in [-0.2, -0.15) is 5.10 Å². The van der Waals surface area contributed by atoms with Gasteiger partial charge in [-0.1, -0.05) is 25.1 Å². The summed E-state index contributed by atoms with van der Waals surface area (Å²) in [4.78, 5) is 0. The normalized spacial score (nSPS) is 12.7. The molecule has 0 aliphatic carbocycles. The fourth-order valence-corrected chi connectivity index (χ4v) is 3.14. The van der Waals surface area contributed by atoms with E-state index in [9.17, 15) is 0 Å². The van der Waals surface area contributed by atoms with Crippen molar-refractivity contribution in [1.82, 2.24) is 9.78 Å². The predicted molar refractivity (Wildman–Crippen MR) is 86.8 cm³/mol. The van der Waals surface area contributed by atoms with Crippen LogP contribution in [0.4, 0.5) is 0 Å². The molecule has 1 aromatic heterocycles. The molecule has 1 heterocycles. The molecule has 0 fully saturated rings. The van der Waals surface area contributed by atoms with Crippen molar-refractivity contribution in [2.75, 3.05) is 0 Å². The third kappa shape index (κ3) is 2.96. The Morgan fingerprint density at radius 3 is 2.55 bits per heavy atom. The summed E-state index contributed by atoms with van der Waals surface area (Å²) in [5.41, 5.74) is 12.4. The summed E-state index contributed by atoms with van der Waals surface area (Å²) >= 11 is 3.65. The van der Waals surface area contributed by atoms with Gasteiger partial charge >= 0.3 is 0 Å². The Balaban J connectivity index is 2.25. The lowest BCUT2D eigenvalue weighted by Crippen LogP contribution is -2.16. The van der Waals surface area contributed by atoms with E-state index in [0.29, 0.717) is 0 Å². The van der Waals surface area contributed by atoms with Crippen LogP contribution in [-0.4, -0.2) is 9.78 Å². The van der Waals surface area contributed by atoms with Gasteiger partial charge in [0, 0.05) is 19.5 Å². The largest absolute Gasteiger partial charge is 0.324 e. The molecule has 0 bridgehead atoms. The molecule has 2 N–H and O–H groups in total. The first kappa shape index (κ1) is 15.3. The van der Waals surface area contributed by atoms with Crippen molar-refractivity contribution in [1.29, 1.82) is 0 Å². The molecular weight excluding hydrogens is 314 g/mol. The summed E-state index contributed by atoms with van der Waals surface area (Å²) in [5.74, 6) is 0. The van der Waals surface area contributed by atoms with Crippen LogP contribution in [0.1, 0.15) is 41.0 Å². The summed E-state index contributed by atoms with van der Waals surface area (Å²) in [5, 5.41) is 4.52. The van der Waals surface area contributed by atoms with E-state index in [2.05, 4.69) is 60.0 Å². The van der Waals surface area contributed by atoms with Crippen molar-refractivity contribution < 1.29 is 0 Å². The highest BCUT2D eigenvalue weighted by molar-refractivity contribution is 9.10. The molecule has 3 nitrogen and oxygen atoms in total. The highest BCUT2D eigenvalue weighted by Crippen LogP contribution is 2.26. The Labute approximate surface area is 129 Å². The lowest BCUT2D eigenvalue weighted by atomic mass is 9.98. The maximum absolute atomic E-state index is 6.37. The van der Waals surface area contributed by atoms with Crippen LogP contribution >= 0.6 is 15.9 Å². The van der Waals surface area contributed by atoms with Crippen LogP contribution in [0.2, 0.25) is 0 Å². The zero-order valence-corrected chi connectivity index (χ0v) is 14.2. The molecular formula is C16H22BrN3. The number of aryl methyl sites for hydroxylation is 4. The van der Waals surface area contributed by atoms with Crippen molar-refractivity contribution in [3.63, 3.8) is 0 Å². The number of benzene rings is 1. The molecule has 1 aromatic carbocycles. The van der Waals surface area contributed by atoms with E-state index >= 15 is 0 Å². The van der Waals surface area contributed by atoms with Gasteiger partial charge in [-0.25, -0.2) is 0 Å². The molecule has 0 saturated carbocycles. The smallest absolute Gasteiger partial charge is 0.0766 e. The minimum atomic E-state index is -0.00861. The zero-order chi connectivity index (χ0) is 14.9. The maximum atomic E-state index is 6.37. The molecule has 0 radical (unpaired) electrons. The minimum Gasteiger partial charge on any atom is -0.324 e. The third-order valence-corrected chi connectivity index (χ3v) is 4.79. The van der Waals surface area contributed by atoms with Gasteiger partial charge in [0.2, 0.25) is 0 Å². The highest BCUT2D eigenvalue weighted by atomic mass is 79.9. The average molecular weight is 336 g/mol. The maximum Gasteiger partial charge on any atom is 0.0766 e. The summed E-state index contributed by atoms with van der Waals surface area (Å²) < 4.78 is 3.03. The van der Waals surface area contributed by atoms with Crippen LogP contribution in [0, 0.1) is 13.8 Å². The van der Waals surface area contributed by atoms with Crippen LogP contribution < -0.4 is 5.73 Å². The first-order chi connectivity index (χ1) is 9.43. The van der Waals surface area contributed by atoms with Gasteiger partial charge in [0.25, 0.3) is 0 Å². The van der Waals surface area contributed by atoms with Gasteiger partial charge in [0.05, 0.1) is 15.9 Å². The summed E-state index contributed by atoms with van der Waals surface area (Å²) in [6.45, 7) is 6.36. The second-order valence-electron chi connectivity index (χ2n) is 5.34. The number of nitrogens with zero attached hydrogens (tertiary/aromatic N) is 2. The van der Waals surface area contributed by atoms with Crippen molar-refractivity contribution in [3.8, 4) is 0 Å². The van der Waals surface area contributed by atoms with E-state index < -0.39 is 0 Å². The fourth-order valence-electron chi connectivity index (χ4n) is 2.36. The summed E-state index contributed by atoms with van der Waals surface area (Å²) in [6, 6.07) is 6.44. The molecule has 0 aliphatic heterocycles. The number of aromatic nitrogens is 2. The Bertz CT molecular complexity index is 616. The van der Waals surface area contributed by atoms with Gasteiger partial charge in [0.1, 0.15) is 0 Å². The van der Waals surface area contributed by atoms with Gasteiger partial charge in [-0.3, -0.25) is 4.68 Å². The molecule has 1 atom stereocenters. The van der Waals surface area contributed by atoms with Crippen LogP contribution in [0.3, 0.4) is 0 Å². The van der Waals surface area contributed by atoms with Crippen LogP contribution in [0.25, 0.3) is 0 Å². The Kier molecular flexibility index (Phi) is 4.66. The van der Waals surface area contributed by atoms with Crippen molar-refractivity contribution >= 4 is 15.9 Å². The number of rotatable bonds is 4. The van der Waals surface area contributed by atoms with Crippen molar-refractivity contribution in [2.45, 2.75) is 39.7 Å². The van der Waals surface area contributed by atoms with Gasteiger partial charge in [-0.15, -0.1) is 0 Å². The van der Waals surface area contributed by atoms with Crippen molar-refractivity contribution in [3.05, 3.63) is 50.8 Å². The fraction of sp³-hybridized carbons (Fsp3) is 0.438. The standard InChI is InChI=1S/C16H22BrN3/c1-5-14-16(17)15(20(4)19-14)9-13(18)12-7-6-10(2)11(3)8-12/h6-8,13H,5,9,18H2,1-4H3. The zero-order valence-electron chi connectivity index (χ0n) is 12.6. The Morgan fingerprint density at radius 2 is 2.00 bits per heavy atom. The molecule has 108 valence electrons. The van der Waals surface area contributed by atoms with Gasteiger partial charge in [-0.05, 0) is 52.9 Å². The van der Waals surface area contributed by atoms with Crippen LogP contribution in [0.5, 0.6) is 0 Å². The third-order valence-electron chi connectivity index (χ3n) is 3.88. The van der Waals surface area contributed by atoms with E-state index in [1.807, 2.05) is 11.7 Å². The topological polar surface area (TPSA) is 43.8 Å². The quantitative estimate of drug-likeness (QED) is 0.927. The summed E-state index contributed by atoms with van der Waals surface area (Å²) in [7, 11) is 1.98. The van der Waals surface area contributed by atoms with Gasteiger partial charge in [0.15, 0.2) is 0 Å². The van der Waals surface area contributed by atoms with Gasteiger partial charge < -0.3 is 5.73 Å². The monoisotopic (exact) mass is 335 g/mol. The molecule has 2 rings (SSSR count). The average Bonchev–Trinajstić information content (AvgIpc) is 2.69. The SMILES string of the molecule is CCc1nn(C)c(CC(N)c2ccc(C)c(C)c2)c1Br. The second kappa shape index (κ2) is 6.10. The molecule has 0 amide bonds. The van der Waals surface area contributed by atoms with E-state index in [4.69, 9.17) is 5.73 Å². The molecule has 2 aromatic rings. The number of hydrogen-bond donors (Lipinski definition) is 1. The van der Waals surface area contributed by atoms with Crippen molar-refractivity contribution in [2.24, 2.45) is 12.8 Å². The lowest BCUT2D eigenvalue weighted by Gasteiger charge is -2.14. The minimum absolute atomic E-state index is 0.00861. The molecule has 0 spiro atoms. The number of hydrogen-bond acceptors (Lipinski definition) is 2. The predicted octanol–water partition coefficient (Wildman–Crippen LogP) is 3.60.